The van der Waals surface area contributed by atoms with Gasteiger partial charge in [-0.1, -0.05) is 11.6 Å². The highest BCUT2D eigenvalue weighted by atomic mass is 35.5. The molecule has 0 spiro atoms. The summed E-state index contributed by atoms with van der Waals surface area (Å²) in [5, 5.41) is 18.5. The number of nitrogens with zero attached hydrogens (tertiary/aromatic N) is 4. The van der Waals surface area contributed by atoms with Crippen LogP contribution in [0.25, 0.3) is 0 Å². The number of methoxy groups -OCH3 is 1. The molecule has 1 unspecified atom stereocenters. The van der Waals surface area contributed by atoms with E-state index in [9.17, 15) is 0 Å². The quantitative estimate of drug-likeness (QED) is 0.804. The van der Waals surface area contributed by atoms with Gasteiger partial charge in [0.1, 0.15) is 5.69 Å². The molecule has 2 rings (SSSR count). The van der Waals surface area contributed by atoms with Gasteiger partial charge in [-0.15, -0.1) is 0 Å². The zero-order valence-corrected chi connectivity index (χ0v) is 11.0. The number of rotatable bonds is 6. The van der Waals surface area contributed by atoms with Crippen molar-refractivity contribution in [2.75, 3.05) is 20.8 Å². The molecule has 0 bridgehead atoms. The molecule has 0 amide bonds. The molecule has 0 fully saturated rings. The number of H-pyrrole nitrogens is 1. The van der Waals surface area contributed by atoms with E-state index in [1.165, 1.54) is 0 Å². The monoisotopic (exact) mass is 270 g/mol. The molecule has 2 aromatic rings. The van der Waals surface area contributed by atoms with Gasteiger partial charge in [-0.3, -0.25) is 4.68 Å². The van der Waals surface area contributed by atoms with Crippen LogP contribution >= 0.6 is 11.6 Å². The smallest absolute Gasteiger partial charge is 0.106 e. The highest BCUT2D eigenvalue weighted by Crippen LogP contribution is 2.26. The first-order chi connectivity index (χ1) is 8.77. The van der Waals surface area contributed by atoms with Crippen LogP contribution in [0.15, 0.2) is 12.4 Å². The molecule has 0 aromatic carbocycles. The Hall–Kier alpha value is -1.44. The Morgan fingerprint density at radius 1 is 1.56 bits per heavy atom. The number of hydrogen-bond acceptors (Lipinski definition) is 5. The van der Waals surface area contributed by atoms with Crippen LogP contribution in [0.3, 0.4) is 0 Å². The van der Waals surface area contributed by atoms with Gasteiger partial charge in [0.25, 0.3) is 0 Å². The first-order valence-corrected chi connectivity index (χ1v) is 5.88. The predicted molar refractivity (Wildman–Crippen MR) is 66.4 cm³/mol. The van der Waals surface area contributed by atoms with E-state index in [-0.39, 0.29) is 6.04 Å². The molecule has 1 atom stereocenters. The predicted octanol–water partition coefficient (Wildman–Crippen LogP) is 0.610. The Balaban J connectivity index is 2.32. The second kappa shape index (κ2) is 5.94. The fraction of sp³-hybridized carbons (Fsp3) is 0.500. The number of hydrogen-bond donors (Lipinski definition) is 2. The van der Waals surface area contributed by atoms with Gasteiger partial charge >= 0.3 is 0 Å². The maximum absolute atomic E-state index is 6.19. The van der Waals surface area contributed by atoms with Crippen molar-refractivity contribution >= 4 is 11.6 Å². The number of nitrogens with one attached hydrogen (secondary N) is 2. The highest BCUT2D eigenvalue weighted by Gasteiger charge is 2.22. The first-order valence-electron chi connectivity index (χ1n) is 5.51. The van der Waals surface area contributed by atoms with Crippen molar-refractivity contribution in [3.05, 3.63) is 28.8 Å². The van der Waals surface area contributed by atoms with Crippen LogP contribution in [0.2, 0.25) is 5.02 Å². The molecule has 8 heteroatoms. The van der Waals surface area contributed by atoms with Crippen LogP contribution in [0, 0.1) is 0 Å². The lowest BCUT2D eigenvalue weighted by Crippen LogP contribution is -2.23. The van der Waals surface area contributed by atoms with Crippen molar-refractivity contribution in [3.8, 4) is 0 Å². The third-order valence-electron chi connectivity index (χ3n) is 2.63. The van der Waals surface area contributed by atoms with E-state index in [2.05, 4.69) is 25.8 Å². The van der Waals surface area contributed by atoms with Crippen molar-refractivity contribution in [2.24, 2.45) is 0 Å². The summed E-state index contributed by atoms with van der Waals surface area (Å²) in [6.07, 6.45) is 3.28. The van der Waals surface area contributed by atoms with Crippen molar-refractivity contribution in [1.29, 1.82) is 0 Å². The minimum atomic E-state index is -0.157. The van der Waals surface area contributed by atoms with E-state index in [4.69, 9.17) is 16.3 Å². The van der Waals surface area contributed by atoms with Gasteiger partial charge in [0.2, 0.25) is 0 Å². The summed E-state index contributed by atoms with van der Waals surface area (Å²) in [6, 6.07) is -0.157. The maximum Gasteiger partial charge on any atom is 0.106 e. The zero-order chi connectivity index (χ0) is 13.0. The zero-order valence-electron chi connectivity index (χ0n) is 10.2. The average molecular weight is 271 g/mol. The summed E-state index contributed by atoms with van der Waals surface area (Å²) < 4.78 is 6.86. The standard InChI is InChI=1S/C10H15ClN6O/c1-12-9(8-6-13-16-15-8)10-7(11)5-14-17(10)3-4-18-2/h5-6,9,12H,3-4H2,1-2H3,(H,13,15,16). The van der Waals surface area contributed by atoms with Gasteiger partial charge in [0.15, 0.2) is 0 Å². The van der Waals surface area contributed by atoms with Gasteiger partial charge < -0.3 is 10.1 Å². The molecule has 0 saturated heterocycles. The Morgan fingerprint density at radius 3 is 3.00 bits per heavy atom. The van der Waals surface area contributed by atoms with E-state index in [0.29, 0.717) is 18.2 Å². The normalized spacial score (nSPS) is 12.8. The van der Waals surface area contributed by atoms with E-state index >= 15 is 0 Å². The molecule has 0 aliphatic rings. The van der Waals surface area contributed by atoms with Crippen molar-refractivity contribution < 1.29 is 4.74 Å². The lowest BCUT2D eigenvalue weighted by molar-refractivity contribution is 0.182. The fourth-order valence-corrected chi connectivity index (χ4v) is 2.04. The summed E-state index contributed by atoms with van der Waals surface area (Å²) in [6.45, 7) is 1.20. The van der Waals surface area contributed by atoms with Gasteiger partial charge in [-0.25, -0.2) is 0 Å². The summed E-state index contributed by atoms with van der Waals surface area (Å²) in [7, 11) is 3.49. The van der Waals surface area contributed by atoms with Crippen molar-refractivity contribution in [3.63, 3.8) is 0 Å². The lowest BCUT2D eigenvalue weighted by atomic mass is 10.1. The van der Waals surface area contributed by atoms with Crippen molar-refractivity contribution in [1.82, 2.24) is 30.5 Å². The summed E-state index contributed by atoms with van der Waals surface area (Å²) in [5.74, 6) is 0. The minimum absolute atomic E-state index is 0.157. The summed E-state index contributed by atoms with van der Waals surface area (Å²) in [5.41, 5.74) is 1.61. The first kappa shape index (κ1) is 13.0. The lowest BCUT2D eigenvalue weighted by Gasteiger charge is -2.16. The molecular formula is C10H15ClN6O. The third-order valence-corrected chi connectivity index (χ3v) is 2.92. The Kier molecular flexibility index (Phi) is 4.29. The van der Waals surface area contributed by atoms with Gasteiger partial charge in [0.05, 0.1) is 42.3 Å². The molecule has 98 valence electrons. The summed E-state index contributed by atoms with van der Waals surface area (Å²) in [4.78, 5) is 0. The highest BCUT2D eigenvalue weighted by molar-refractivity contribution is 6.31. The molecular weight excluding hydrogens is 256 g/mol. The fourth-order valence-electron chi connectivity index (χ4n) is 1.79. The number of halogens is 1. The van der Waals surface area contributed by atoms with Crippen LogP contribution in [-0.2, 0) is 11.3 Å². The third kappa shape index (κ3) is 2.53. The van der Waals surface area contributed by atoms with E-state index in [1.54, 1.807) is 19.5 Å². The van der Waals surface area contributed by atoms with Crippen molar-refractivity contribution in [2.45, 2.75) is 12.6 Å². The molecule has 0 aliphatic heterocycles. The van der Waals surface area contributed by atoms with Crippen LogP contribution < -0.4 is 5.32 Å². The summed E-state index contributed by atoms with van der Waals surface area (Å²) >= 11 is 6.19. The van der Waals surface area contributed by atoms with Crippen LogP contribution in [0.5, 0.6) is 0 Å². The van der Waals surface area contributed by atoms with Crippen LogP contribution in [0.1, 0.15) is 17.4 Å². The molecule has 18 heavy (non-hydrogen) atoms. The molecule has 0 radical (unpaired) electrons. The molecule has 0 saturated carbocycles. The average Bonchev–Trinajstić information content (AvgIpc) is 3.00. The topological polar surface area (TPSA) is 80.7 Å². The van der Waals surface area contributed by atoms with Gasteiger partial charge in [0, 0.05) is 7.11 Å². The molecule has 0 aliphatic carbocycles. The number of ether oxygens (including phenoxy) is 1. The Bertz CT molecular complexity index is 483. The maximum atomic E-state index is 6.19. The van der Waals surface area contributed by atoms with Crippen LogP contribution in [0.4, 0.5) is 0 Å². The van der Waals surface area contributed by atoms with Crippen LogP contribution in [-0.4, -0.2) is 46.0 Å². The largest absolute Gasteiger partial charge is 0.383 e. The Labute approximate surface area is 109 Å². The van der Waals surface area contributed by atoms with E-state index < -0.39 is 0 Å². The molecule has 2 N–H and O–H groups in total. The van der Waals surface area contributed by atoms with E-state index in [1.807, 2.05) is 11.7 Å². The number of aromatic amines is 1. The molecule has 2 aromatic heterocycles. The molecule has 2 heterocycles. The second-order valence-corrected chi connectivity index (χ2v) is 4.12. The van der Waals surface area contributed by atoms with Gasteiger partial charge in [-0.05, 0) is 7.05 Å². The van der Waals surface area contributed by atoms with Gasteiger partial charge in [-0.2, -0.15) is 20.5 Å². The van der Waals surface area contributed by atoms with E-state index in [0.717, 1.165) is 11.4 Å². The number of aromatic nitrogens is 5. The second-order valence-electron chi connectivity index (χ2n) is 3.71. The SMILES string of the molecule is CNC(c1cn[nH]n1)c1c(Cl)cnn1CCOC. The minimum Gasteiger partial charge on any atom is -0.383 e. The molecule has 7 nitrogen and oxygen atoms in total. The Morgan fingerprint density at radius 2 is 2.39 bits per heavy atom.